The molecule has 0 bridgehead atoms. The van der Waals surface area contributed by atoms with Gasteiger partial charge in [-0.1, -0.05) is 36.8 Å². The lowest BCUT2D eigenvalue weighted by atomic mass is 10.2. The van der Waals surface area contributed by atoms with E-state index in [0.29, 0.717) is 18.2 Å². The van der Waals surface area contributed by atoms with Gasteiger partial charge in [0, 0.05) is 18.0 Å². The van der Waals surface area contributed by atoms with Crippen LogP contribution >= 0.6 is 0 Å². The zero-order chi connectivity index (χ0) is 14.2. The minimum atomic E-state index is -0.173. The van der Waals surface area contributed by atoms with Crippen molar-refractivity contribution in [1.82, 2.24) is 5.32 Å². The first-order valence-corrected chi connectivity index (χ1v) is 7.06. The summed E-state index contributed by atoms with van der Waals surface area (Å²) >= 11 is 0. The van der Waals surface area contributed by atoms with Gasteiger partial charge >= 0.3 is 6.03 Å². The molecule has 2 rings (SSSR count). The molecule has 1 aliphatic carbocycles. The van der Waals surface area contributed by atoms with Crippen molar-refractivity contribution in [2.45, 2.75) is 38.1 Å². The van der Waals surface area contributed by atoms with Gasteiger partial charge in [-0.15, -0.1) is 0 Å². The third-order valence-electron chi connectivity index (χ3n) is 3.33. The maximum Gasteiger partial charge on any atom is 0.319 e. The van der Waals surface area contributed by atoms with Gasteiger partial charge in [0.25, 0.3) is 0 Å². The number of para-hydroxylation sites is 1. The van der Waals surface area contributed by atoms with E-state index in [1.165, 1.54) is 12.8 Å². The van der Waals surface area contributed by atoms with Crippen molar-refractivity contribution in [2.75, 3.05) is 11.9 Å². The van der Waals surface area contributed by atoms with Gasteiger partial charge in [-0.05, 0) is 25.0 Å². The summed E-state index contributed by atoms with van der Waals surface area (Å²) in [5, 5.41) is 14.6. The average molecular weight is 272 g/mol. The Hall–Kier alpha value is -1.99. The van der Waals surface area contributed by atoms with E-state index < -0.39 is 0 Å². The van der Waals surface area contributed by atoms with E-state index in [2.05, 4.69) is 22.5 Å². The van der Waals surface area contributed by atoms with Crippen LogP contribution in [0.25, 0.3) is 0 Å². The minimum Gasteiger partial charge on any atom is -0.395 e. The van der Waals surface area contributed by atoms with Crippen molar-refractivity contribution >= 4 is 11.7 Å². The summed E-state index contributed by atoms with van der Waals surface area (Å²) < 4.78 is 0. The fourth-order valence-corrected chi connectivity index (χ4v) is 2.33. The van der Waals surface area contributed by atoms with Crippen molar-refractivity contribution in [3.05, 3.63) is 29.8 Å². The Labute approximate surface area is 119 Å². The molecular formula is C16H20N2O2. The molecule has 4 nitrogen and oxygen atoms in total. The molecule has 1 aromatic carbocycles. The van der Waals surface area contributed by atoms with Crippen LogP contribution in [0.4, 0.5) is 10.5 Å². The molecule has 0 unspecified atom stereocenters. The zero-order valence-corrected chi connectivity index (χ0v) is 11.5. The maximum absolute atomic E-state index is 11.9. The van der Waals surface area contributed by atoms with Gasteiger partial charge in [0.2, 0.25) is 0 Å². The number of carbonyl (C=O) groups excluding carboxylic acids is 1. The van der Waals surface area contributed by atoms with E-state index in [1.54, 1.807) is 0 Å². The first-order chi connectivity index (χ1) is 9.79. The molecular weight excluding hydrogens is 252 g/mol. The number of rotatable bonds is 3. The summed E-state index contributed by atoms with van der Waals surface area (Å²) in [5.41, 5.74) is 1.47. The Balaban J connectivity index is 1.97. The summed E-state index contributed by atoms with van der Waals surface area (Å²) in [6.45, 7) is 0.0464. The standard InChI is InChI=1S/C16H20N2O2/c19-12-6-5-8-13-7-1-4-11-15(13)18-16(20)17-14-9-2-3-10-14/h1,4,7,11,14,19H,2-3,6,9-10,12H2,(H2,17,18,20). The Bertz CT molecular complexity index is 511. The lowest BCUT2D eigenvalue weighted by molar-refractivity contribution is 0.248. The number of amides is 2. The summed E-state index contributed by atoms with van der Waals surface area (Å²) in [7, 11) is 0. The molecule has 1 fully saturated rings. The van der Waals surface area contributed by atoms with E-state index in [1.807, 2.05) is 24.3 Å². The van der Waals surface area contributed by atoms with Gasteiger partial charge in [-0.2, -0.15) is 0 Å². The second kappa shape index (κ2) is 7.56. The molecule has 0 saturated heterocycles. The van der Waals surface area contributed by atoms with Crippen molar-refractivity contribution in [3.8, 4) is 11.8 Å². The number of urea groups is 1. The normalized spacial score (nSPS) is 14.4. The molecule has 106 valence electrons. The molecule has 1 aromatic rings. The van der Waals surface area contributed by atoms with Crippen molar-refractivity contribution in [2.24, 2.45) is 0 Å². The highest BCUT2D eigenvalue weighted by molar-refractivity contribution is 5.91. The molecule has 1 saturated carbocycles. The number of nitrogens with one attached hydrogen (secondary N) is 2. The van der Waals surface area contributed by atoms with Crippen LogP contribution in [0.15, 0.2) is 24.3 Å². The highest BCUT2D eigenvalue weighted by Crippen LogP contribution is 2.18. The van der Waals surface area contributed by atoms with Gasteiger partial charge < -0.3 is 15.7 Å². The van der Waals surface area contributed by atoms with Crippen LogP contribution in [0.2, 0.25) is 0 Å². The van der Waals surface area contributed by atoms with Crippen LogP contribution in [0, 0.1) is 11.8 Å². The number of aliphatic hydroxyl groups excluding tert-OH is 1. The molecule has 0 atom stereocenters. The molecule has 0 aromatic heterocycles. The molecule has 1 aliphatic rings. The maximum atomic E-state index is 11.9. The molecule has 20 heavy (non-hydrogen) atoms. The first kappa shape index (κ1) is 14.4. The third kappa shape index (κ3) is 4.29. The van der Waals surface area contributed by atoms with Crippen LogP contribution in [-0.4, -0.2) is 23.8 Å². The fourth-order valence-electron chi connectivity index (χ4n) is 2.33. The molecule has 0 heterocycles. The summed E-state index contributed by atoms with van der Waals surface area (Å²) in [6.07, 6.45) is 4.93. The number of aliphatic hydroxyl groups is 1. The largest absolute Gasteiger partial charge is 0.395 e. The van der Waals surface area contributed by atoms with E-state index in [9.17, 15) is 4.79 Å². The van der Waals surface area contributed by atoms with Crippen molar-refractivity contribution in [1.29, 1.82) is 0 Å². The average Bonchev–Trinajstić information content (AvgIpc) is 2.93. The van der Waals surface area contributed by atoms with E-state index in [4.69, 9.17) is 5.11 Å². The monoisotopic (exact) mass is 272 g/mol. The topological polar surface area (TPSA) is 61.4 Å². The molecule has 0 spiro atoms. The van der Waals surface area contributed by atoms with Crippen LogP contribution in [-0.2, 0) is 0 Å². The molecule has 2 amide bonds. The van der Waals surface area contributed by atoms with Crippen LogP contribution in [0.5, 0.6) is 0 Å². The van der Waals surface area contributed by atoms with Crippen molar-refractivity contribution < 1.29 is 9.90 Å². The SMILES string of the molecule is O=C(Nc1ccccc1C#CCCO)NC1CCCC1. The Kier molecular flexibility index (Phi) is 5.45. The summed E-state index contributed by atoms with van der Waals surface area (Å²) in [4.78, 5) is 11.9. The highest BCUT2D eigenvalue weighted by Gasteiger charge is 2.17. The molecule has 3 N–H and O–H groups in total. The zero-order valence-electron chi connectivity index (χ0n) is 11.5. The van der Waals surface area contributed by atoms with Gasteiger partial charge in [0.15, 0.2) is 0 Å². The second-order valence-electron chi connectivity index (χ2n) is 4.90. The predicted molar refractivity (Wildman–Crippen MR) is 79.4 cm³/mol. The van der Waals surface area contributed by atoms with Crippen LogP contribution in [0.3, 0.4) is 0 Å². The number of anilines is 1. The lowest BCUT2D eigenvalue weighted by Crippen LogP contribution is -2.36. The highest BCUT2D eigenvalue weighted by atomic mass is 16.2. The first-order valence-electron chi connectivity index (χ1n) is 7.06. The minimum absolute atomic E-state index is 0.0464. The summed E-state index contributed by atoms with van der Waals surface area (Å²) in [6, 6.07) is 7.55. The Morgan fingerprint density at radius 2 is 2.05 bits per heavy atom. The number of benzene rings is 1. The quantitative estimate of drug-likeness (QED) is 0.740. The van der Waals surface area contributed by atoms with Crippen LogP contribution in [0.1, 0.15) is 37.7 Å². The smallest absolute Gasteiger partial charge is 0.319 e. The van der Waals surface area contributed by atoms with Gasteiger partial charge in [0.05, 0.1) is 12.3 Å². The molecule has 0 radical (unpaired) electrons. The third-order valence-corrected chi connectivity index (χ3v) is 3.33. The summed E-state index contributed by atoms with van der Waals surface area (Å²) in [5.74, 6) is 5.83. The van der Waals surface area contributed by atoms with Gasteiger partial charge in [-0.3, -0.25) is 0 Å². The van der Waals surface area contributed by atoms with Gasteiger partial charge in [0.1, 0.15) is 0 Å². The van der Waals surface area contributed by atoms with E-state index in [-0.39, 0.29) is 12.6 Å². The Morgan fingerprint density at radius 3 is 2.80 bits per heavy atom. The molecule has 4 heteroatoms. The second-order valence-corrected chi connectivity index (χ2v) is 4.90. The Morgan fingerprint density at radius 1 is 1.30 bits per heavy atom. The number of hydrogen-bond donors (Lipinski definition) is 3. The molecule has 0 aliphatic heterocycles. The van der Waals surface area contributed by atoms with Crippen LogP contribution < -0.4 is 10.6 Å². The lowest BCUT2D eigenvalue weighted by Gasteiger charge is -2.13. The van der Waals surface area contributed by atoms with E-state index >= 15 is 0 Å². The van der Waals surface area contributed by atoms with Gasteiger partial charge in [-0.25, -0.2) is 4.79 Å². The number of hydrogen-bond acceptors (Lipinski definition) is 2. The number of carbonyl (C=O) groups is 1. The van der Waals surface area contributed by atoms with Crippen molar-refractivity contribution in [3.63, 3.8) is 0 Å². The predicted octanol–water partition coefficient (Wildman–Crippen LogP) is 2.48. The van der Waals surface area contributed by atoms with E-state index in [0.717, 1.165) is 18.4 Å². The fraction of sp³-hybridized carbons (Fsp3) is 0.438.